The summed E-state index contributed by atoms with van der Waals surface area (Å²) in [5.41, 5.74) is 1.53. The molecule has 146 valence electrons. The fraction of sp³-hybridized carbons (Fsp3) is 0.300. The van der Waals surface area contributed by atoms with Crippen LogP contribution in [0.15, 0.2) is 42.5 Å². The van der Waals surface area contributed by atoms with Crippen LogP contribution in [0.3, 0.4) is 0 Å². The highest BCUT2D eigenvalue weighted by atomic mass is 35.5. The number of hydrogen-bond acceptors (Lipinski definition) is 4. The van der Waals surface area contributed by atoms with Crippen LogP contribution in [0, 0.1) is 0 Å². The summed E-state index contributed by atoms with van der Waals surface area (Å²) in [4.78, 5) is 31.1. The third-order valence-electron chi connectivity index (χ3n) is 5.18. The van der Waals surface area contributed by atoms with E-state index >= 15 is 0 Å². The molecule has 2 amide bonds. The number of piperazine rings is 1. The summed E-state index contributed by atoms with van der Waals surface area (Å²) in [6.45, 7) is 2.97. The lowest BCUT2D eigenvalue weighted by atomic mass is 10.1. The second-order valence-electron chi connectivity index (χ2n) is 6.91. The molecule has 2 fully saturated rings. The standard InChI is InChI=1S/C20H18Cl3N3O2/c21-13-1-3-16(4-2-13)24-5-7-25(8-6-24)18-12-19(27)26(20(18)28)17-10-14(22)9-15(23)11-17/h1-4,9-11,18H,5-8,12H2/t18-/m0/s1. The number of benzene rings is 2. The predicted octanol–water partition coefficient (Wildman–Crippen LogP) is 4.10. The summed E-state index contributed by atoms with van der Waals surface area (Å²) in [6.07, 6.45) is 0.171. The van der Waals surface area contributed by atoms with E-state index < -0.39 is 6.04 Å². The van der Waals surface area contributed by atoms with Crippen LogP contribution < -0.4 is 9.80 Å². The Morgan fingerprint density at radius 1 is 0.750 bits per heavy atom. The number of nitrogens with zero attached hydrogens (tertiary/aromatic N) is 3. The number of amides is 2. The molecule has 2 heterocycles. The molecule has 2 aliphatic rings. The van der Waals surface area contributed by atoms with E-state index in [1.54, 1.807) is 18.2 Å². The van der Waals surface area contributed by atoms with Gasteiger partial charge in [0.1, 0.15) is 0 Å². The quantitative estimate of drug-likeness (QED) is 0.677. The minimum atomic E-state index is -0.447. The van der Waals surface area contributed by atoms with Crippen LogP contribution in [0.4, 0.5) is 11.4 Å². The van der Waals surface area contributed by atoms with E-state index in [0.717, 1.165) is 18.8 Å². The lowest BCUT2D eigenvalue weighted by molar-refractivity contribution is -0.123. The highest BCUT2D eigenvalue weighted by Gasteiger charge is 2.43. The smallest absolute Gasteiger partial charge is 0.251 e. The van der Waals surface area contributed by atoms with E-state index in [9.17, 15) is 9.59 Å². The van der Waals surface area contributed by atoms with Gasteiger partial charge in [-0.1, -0.05) is 34.8 Å². The molecule has 8 heteroatoms. The summed E-state index contributed by atoms with van der Waals surface area (Å²) in [7, 11) is 0. The average molecular weight is 439 g/mol. The highest BCUT2D eigenvalue weighted by Crippen LogP contribution is 2.31. The lowest BCUT2D eigenvalue weighted by Crippen LogP contribution is -2.52. The molecule has 1 atom stereocenters. The third-order valence-corrected chi connectivity index (χ3v) is 5.86. The maximum atomic E-state index is 13.0. The summed E-state index contributed by atoms with van der Waals surface area (Å²) in [6, 6.07) is 12.0. The zero-order valence-electron chi connectivity index (χ0n) is 14.9. The van der Waals surface area contributed by atoms with Crippen LogP contribution in [0.25, 0.3) is 0 Å². The molecule has 0 spiro atoms. The van der Waals surface area contributed by atoms with Crippen molar-refractivity contribution in [3.05, 3.63) is 57.5 Å². The first-order valence-corrected chi connectivity index (χ1v) is 10.1. The van der Waals surface area contributed by atoms with Crippen molar-refractivity contribution < 1.29 is 9.59 Å². The number of imide groups is 1. The first-order valence-electron chi connectivity index (χ1n) is 9.00. The Morgan fingerprint density at radius 2 is 1.36 bits per heavy atom. The van der Waals surface area contributed by atoms with Crippen LogP contribution in [-0.4, -0.2) is 48.9 Å². The Morgan fingerprint density at radius 3 is 1.96 bits per heavy atom. The van der Waals surface area contributed by atoms with Crippen LogP contribution in [0.2, 0.25) is 15.1 Å². The van der Waals surface area contributed by atoms with Crippen molar-refractivity contribution in [1.82, 2.24) is 4.90 Å². The molecule has 0 unspecified atom stereocenters. The highest BCUT2D eigenvalue weighted by molar-refractivity contribution is 6.35. The van der Waals surface area contributed by atoms with Crippen LogP contribution in [-0.2, 0) is 9.59 Å². The maximum absolute atomic E-state index is 13.0. The molecule has 0 aliphatic carbocycles. The molecule has 4 rings (SSSR count). The molecule has 5 nitrogen and oxygen atoms in total. The van der Waals surface area contributed by atoms with Gasteiger partial charge in [-0.05, 0) is 42.5 Å². The summed E-state index contributed by atoms with van der Waals surface area (Å²) < 4.78 is 0. The van der Waals surface area contributed by atoms with Gasteiger partial charge in [0.15, 0.2) is 0 Å². The molecule has 0 N–H and O–H groups in total. The molecule has 2 aliphatic heterocycles. The zero-order chi connectivity index (χ0) is 19.8. The molecular weight excluding hydrogens is 421 g/mol. The van der Waals surface area contributed by atoms with Crippen molar-refractivity contribution in [2.24, 2.45) is 0 Å². The Hall–Kier alpha value is -1.79. The molecule has 2 aromatic rings. The van der Waals surface area contributed by atoms with Gasteiger partial charge in [0, 0.05) is 46.9 Å². The normalized spacial score (nSPS) is 20.9. The molecule has 2 aromatic carbocycles. The van der Waals surface area contributed by atoms with Gasteiger partial charge >= 0.3 is 0 Å². The van der Waals surface area contributed by atoms with Gasteiger partial charge in [0.25, 0.3) is 5.91 Å². The average Bonchev–Trinajstić information content (AvgIpc) is 2.96. The Kier molecular flexibility index (Phi) is 5.52. The predicted molar refractivity (Wildman–Crippen MR) is 113 cm³/mol. The third kappa shape index (κ3) is 3.85. The second kappa shape index (κ2) is 7.91. The van der Waals surface area contributed by atoms with E-state index in [1.807, 2.05) is 24.3 Å². The van der Waals surface area contributed by atoms with Crippen molar-refractivity contribution >= 4 is 58.0 Å². The number of carbonyl (C=O) groups is 2. The molecular formula is C20H18Cl3N3O2. The minimum absolute atomic E-state index is 0.171. The summed E-state index contributed by atoms with van der Waals surface area (Å²) in [5, 5.41) is 1.49. The van der Waals surface area contributed by atoms with Crippen LogP contribution >= 0.6 is 34.8 Å². The van der Waals surface area contributed by atoms with E-state index in [0.29, 0.717) is 33.8 Å². The van der Waals surface area contributed by atoms with Gasteiger partial charge in [-0.15, -0.1) is 0 Å². The molecule has 0 saturated carbocycles. The fourth-order valence-corrected chi connectivity index (χ4v) is 4.43. The van der Waals surface area contributed by atoms with Gasteiger partial charge in [-0.3, -0.25) is 14.5 Å². The largest absolute Gasteiger partial charge is 0.369 e. The minimum Gasteiger partial charge on any atom is -0.369 e. The zero-order valence-corrected chi connectivity index (χ0v) is 17.2. The molecule has 0 bridgehead atoms. The second-order valence-corrected chi connectivity index (χ2v) is 8.22. The first kappa shape index (κ1) is 19.5. The Labute approximate surface area is 178 Å². The fourth-order valence-electron chi connectivity index (χ4n) is 3.78. The van der Waals surface area contributed by atoms with Gasteiger partial charge in [-0.25, -0.2) is 4.90 Å². The maximum Gasteiger partial charge on any atom is 0.251 e. The van der Waals surface area contributed by atoms with E-state index in [1.165, 1.54) is 4.90 Å². The van der Waals surface area contributed by atoms with E-state index in [2.05, 4.69) is 9.80 Å². The Balaban J connectivity index is 1.45. The summed E-state index contributed by atoms with van der Waals surface area (Å²) >= 11 is 18.0. The van der Waals surface area contributed by atoms with Crippen molar-refractivity contribution in [3.8, 4) is 0 Å². The summed E-state index contributed by atoms with van der Waals surface area (Å²) in [5.74, 6) is -0.447. The number of carbonyl (C=O) groups excluding carboxylic acids is 2. The molecule has 0 radical (unpaired) electrons. The SMILES string of the molecule is O=C1C[C@H](N2CCN(c3ccc(Cl)cc3)CC2)C(=O)N1c1cc(Cl)cc(Cl)c1. The Bertz CT molecular complexity index is 891. The van der Waals surface area contributed by atoms with Gasteiger partial charge < -0.3 is 4.90 Å². The molecule has 2 saturated heterocycles. The number of hydrogen-bond donors (Lipinski definition) is 0. The number of anilines is 2. The van der Waals surface area contributed by atoms with Crippen LogP contribution in [0.1, 0.15) is 6.42 Å². The molecule has 0 aromatic heterocycles. The van der Waals surface area contributed by atoms with Crippen molar-refractivity contribution in [3.63, 3.8) is 0 Å². The van der Waals surface area contributed by atoms with Crippen LogP contribution in [0.5, 0.6) is 0 Å². The number of halogens is 3. The van der Waals surface area contributed by atoms with Crippen molar-refractivity contribution in [2.75, 3.05) is 36.0 Å². The van der Waals surface area contributed by atoms with Crippen molar-refractivity contribution in [2.45, 2.75) is 12.5 Å². The monoisotopic (exact) mass is 437 g/mol. The number of rotatable bonds is 3. The van der Waals surface area contributed by atoms with Gasteiger partial charge in [0.2, 0.25) is 5.91 Å². The topological polar surface area (TPSA) is 43.9 Å². The van der Waals surface area contributed by atoms with Crippen molar-refractivity contribution in [1.29, 1.82) is 0 Å². The molecule has 28 heavy (non-hydrogen) atoms. The van der Waals surface area contributed by atoms with E-state index in [-0.39, 0.29) is 18.2 Å². The van der Waals surface area contributed by atoms with Gasteiger partial charge in [0.05, 0.1) is 18.2 Å². The van der Waals surface area contributed by atoms with Gasteiger partial charge in [-0.2, -0.15) is 0 Å². The van der Waals surface area contributed by atoms with E-state index in [4.69, 9.17) is 34.8 Å². The first-order chi connectivity index (χ1) is 13.4. The lowest BCUT2D eigenvalue weighted by Gasteiger charge is -2.38.